The Morgan fingerprint density at radius 3 is 2.47 bits per heavy atom. The molecular weight excluding hydrogens is 456 g/mol. The number of carbonyl (C=O) groups excluding carboxylic acids is 3. The van der Waals surface area contributed by atoms with Crippen molar-refractivity contribution in [3.8, 4) is 5.75 Å². The maximum absolute atomic E-state index is 12.9. The highest BCUT2D eigenvalue weighted by atomic mass is 35.5. The monoisotopic (exact) mass is 469 g/mol. The van der Waals surface area contributed by atoms with Gasteiger partial charge in [0, 0.05) is 15.8 Å². The lowest BCUT2D eigenvalue weighted by Gasteiger charge is -2.07. The van der Waals surface area contributed by atoms with E-state index in [1.54, 1.807) is 18.2 Å². The second-order valence-electron chi connectivity index (χ2n) is 5.88. The molecule has 0 bridgehead atoms. The zero-order chi connectivity index (χ0) is 21.7. The van der Waals surface area contributed by atoms with E-state index in [0.717, 1.165) is 11.3 Å². The van der Waals surface area contributed by atoms with Crippen LogP contribution >= 0.6 is 34.5 Å². The molecule has 11 heteroatoms. The summed E-state index contributed by atoms with van der Waals surface area (Å²) in [5.41, 5.74) is 4.83. The fraction of sp³-hybridized carbons (Fsp3) is 0.105. The second kappa shape index (κ2) is 9.75. The van der Waals surface area contributed by atoms with Crippen LogP contribution in [0.4, 0.5) is 10.1 Å². The van der Waals surface area contributed by atoms with Gasteiger partial charge in [0.05, 0.1) is 5.02 Å². The Morgan fingerprint density at radius 1 is 1.03 bits per heavy atom. The molecule has 0 atom stereocenters. The van der Waals surface area contributed by atoms with E-state index in [9.17, 15) is 18.8 Å². The van der Waals surface area contributed by atoms with Gasteiger partial charge in [0.1, 0.15) is 22.3 Å². The number of hydrogen-bond donors (Lipinski definition) is 3. The van der Waals surface area contributed by atoms with Crippen LogP contribution in [0.25, 0.3) is 10.1 Å². The molecule has 7 nitrogen and oxygen atoms in total. The summed E-state index contributed by atoms with van der Waals surface area (Å²) in [5, 5.41) is 3.44. The Hall–Kier alpha value is -2.88. The van der Waals surface area contributed by atoms with Crippen molar-refractivity contribution in [1.29, 1.82) is 0 Å². The molecule has 30 heavy (non-hydrogen) atoms. The lowest BCUT2D eigenvalue weighted by molar-refractivity contribution is -0.119. The molecule has 0 saturated heterocycles. The molecule has 1 heterocycles. The number of fused-ring (bicyclic) bond motifs is 1. The lowest BCUT2D eigenvalue weighted by Crippen LogP contribution is -2.42. The molecule has 0 saturated carbocycles. The summed E-state index contributed by atoms with van der Waals surface area (Å²) in [6.45, 7) is -0.264. The third-order valence-electron chi connectivity index (χ3n) is 3.74. The van der Waals surface area contributed by atoms with Crippen molar-refractivity contribution in [2.45, 2.75) is 0 Å². The smallest absolute Gasteiger partial charge is 0.281 e. The van der Waals surface area contributed by atoms with E-state index < -0.39 is 23.5 Å². The zero-order valence-corrected chi connectivity index (χ0v) is 17.5. The number of hydrogen-bond acceptors (Lipinski definition) is 5. The van der Waals surface area contributed by atoms with Crippen molar-refractivity contribution in [2.75, 3.05) is 17.8 Å². The molecule has 0 aliphatic rings. The van der Waals surface area contributed by atoms with E-state index in [4.69, 9.17) is 27.9 Å². The van der Waals surface area contributed by atoms with Crippen LogP contribution in [0.15, 0.2) is 42.5 Å². The number of hydrazine groups is 1. The number of ether oxygens (including phenoxy) is 1. The van der Waals surface area contributed by atoms with Crippen LogP contribution in [-0.4, -0.2) is 30.2 Å². The molecule has 1 aromatic heterocycles. The van der Waals surface area contributed by atoms with Gasteiger partial charge < -0.3 is 10.1 Å². The van der Waals surface area contributed by atoms with Crippen molar-refractivity contribution in [3.63, 3.8) is 0 Å². The quantitative estimate of drug-likeness (QED) is 0.378. The Morgan fingerprint density at radius 2 is 1.77 bits per heavy atom. The number of alkyl halides is 1. The number of halogens is 3. The number of nitrogens with one attached hydrogen (secondary N) is 3. The molecule has 3 N–H and O–H groups in total. The van der Waals surface area contributed by atoms with Crippen LogP contribution in [0.1, 0.15) is 9.67 Å². The highest BCUT2D eigenvalue weighted by Gasteiger charge is 2.18. The van der Waals surface area contributed by atoms with Crippen molar-refractivity contribution >= 4 is 68.0 Å². The minimum Gasteiger partial charge on any atom is -0.484 e. The van der Waals surface area contributed by atoms with Crippen molar-refractivity contribution < 1.29 is 23.5 Å². The van der Waals surface area contributed by atoms with Crippen molar-refractivity contribution in [2.24, 2.45) is 0 Å². The number of amides is 3. The van der Waals surface area contributed by atoms with Gasteiger partial charge >= 0.3 is 0 Å². The van der Waals surface area contributed by atoms with E-state index in [0.29, 0.717) is 21.5 Å². The Balaban J connectivity index is 1.64. The fourth-order valence-corrected chi connectivity index (χ4v) is 3.88. The lowest BCUT2D eigenvalue weighted by atomic mass is 10.2. The van der Waals surface area contributed by atoms with Crippen LogP contribution in [-0.2, 0) is 9.59 Å². The molecule has 0 radical (unpaired) electrons. The van der Waals surface area contributed by atoms with Crippen LogP contribution in [0.5, 0.6) is 5.75 Å². The van der Waals surface area contributed by atoms with Gasteiger partial charge in [0.25, 0.3) is 17.7 Å². The van der Waals surface area contributed by atoms with Gasteiger partial charge in [-0.05, 0) is 42.5 Å². The summed E-state index contributed by atoms with van der Waals surface area (Å²) >= 11 is 12.7. The summed E-state index contributed by atoms with van der Waals surface area (Å²) in [6.07, 6.45) is 0. The summed E-state index contributed by atoms with van der Waals surface area (Å²) in [5.74, 6) is -1.85. The number of carbonyl (C=O) groups is 3. The number of anilines is 1. The first-order valence-corrected chi connectivity index (χ1v) is 10.2. The summed E-state index contributed by atoms with van der Waals surface area (Å²) in [7, 11) is 0. The highest BCUT2D eigenvalue weighted by molar-refractivity contribution is 7.21. The van der Waals surface area contributed by atoms with E-state index in [1.807, 2.05) is 0 Å². The molecule has 3 rings (SSSR count). The molecule has 156 valence electrons. The van der Waals surface area contributed by atoms with Gasteiger partial charge in [0.15, 0.2) is 6.61 Å². The standard InChI is InChI=1S/C19H14Cl2FN3O4S/c20-8-15(26)24-25-19(28)18-17(21)13-6-5-12(7-14(13)30-18)29-9-16(27)23-11-3-1-10(22)2-4-11/h1-7H,8-9H2,(H,23,27)(H,24,26)(H,25,28). The molecule has 0 aliphatic heterocycles. The number of thiophene rings is 1. The van der Waals surface area contributed by atoms with Crippen LogP contribution < -0.4 is 20.9 Å². The van der Waals surface area contributed by atoms with E-state index in [-0.39, 0.29) is 22.4 Å². The Kier molecular flexibility index (Phi) is 7.09. The molecule has 2 aromatic carbocycles. The first kappa shape index (κ1) is 21.8. The van der Waals surface area contributed by atoms with Crippen LogP contribution in [0.3, 0.4) is 0 Å². The third kappa shape index (κ3) is 5.38. The maximum Gasteiger partial charge on any atom is 0.281 e. The molecule has 3 aromatic rings. The Labute approximate surface area is 184 Å². The zero-order valence-electron chi connectivity index (χ0n) is 15.1. The minimum absolute atomic E-state index is 0.202. The second-order valence-corrected chi connectivity index (χ2v) is 7.58. The summed E-state index contributed by atoms with van der Waals surface area (Å²) in [6, 6.07) is 10.3. The summed E-state index contributed by atoms with van der Waals surface area (Å²) < 4.78 is 19.0. The third-order valence-corrected chi connectivity index (χ3v) is 5.64. The largest absolute Gasteiger partial charge is 0.484 e. The van der Waals surface area contributed by atoms with E-state index in [1.165, 1.54) is 24.3 Å². The SMILES string of the molecule is O=C(CCl)NNC(=O)c1sc2cc(OCC(=O)Nc3ccc(F)cc3)ccc2c1Cl. The molecule has 0 spiro atoms. The molecule has 0 fully saturated rings. The average Bonchev–Trinajstić information content (AvgIpc) is 3.08. The topological polar surface area (TPSA) is 96.5 Å². The minimum atomic E-state index is -0.583. The normalized spacial score (nSPS) is 10.5. The van der Waals surface area contributed by atoms with Gasteiger partial charge in [-0.15, -0.1) is 22.9 Å². The summed E-state index contributed by atoms with van der Waals surface area (Å²) in [4.78, 5) is 35.5. The van der Waals surface area contributed by atoms with E-state index in [2.05, 4.69) is 16.2 Å². The Bertz CT molecular complexity index is 1110. The van der Waals surface area contributed by atoms with E-state index >= 15 is 0 Å². The number of benzene rings is 2. The van der Waals surface area contributed by atoms with Gasteiger partial charge in [-0.1, -0.05) is 11.6 Å². The van der Waals surface area contributed by atoms with Gasteiger partial charge in [-0.2, -0.15) is 0 Å². The van der Waals surface area contributed by atoms with Gasteiger partial charge in [-0.25, -0.2) is 4.39 Å². The van der Waals surface area contributed by atoms with Gasteiger partial charge in [0.2, 0.25) is 0 Å². The molecular formula is C19H14Cl2FN3O4S. The predicted molar refractivity (Wildman–Crippen MR) is 114 cm³/mol. The van der Waals surface area contributed by atoms with Crippen molar-refractivity contribution in [3.05, 3.63) is 58.2 Å². The molecule has 0 aliphatic carbocycles. The average molecular weight is 470 g/mol. The van der Waals surface area contributed by atoms with Gasteiger partial charge in [-0.3, -0.25) is 25.2 Å². The van der Waals surface area contributed by atoms with Crippen molar-refractivity contribution in [1.82, 2.24) is 10.9 Å². The first-order valence-electron chi connectivity index (χ1n) is 8.43. The maximum atomic E-state index is 12.9. The highest BCUT2D eigenvalue weighted by Crippen LogP contribution is 2.37. The number of rotatable bonds is 6. The van der Waals surface area contributed by atoms with Crippen LogP contribution in [0, 0.1) is 5.82 Å². The molecule has 3 amide bonds. The van der Waals surface area contributed by atoms with Crippen LogP contribution in [0.2, 0.25) is 5.02 Å². The first-order chi connectivity index (χ1) is 14.4. The fourth-order valence-electron chi connectivity index (χ4n) is 2.38. The molecule has 0 unspecified atom stereocenters. The predicted octanol–water partition coefficient (Wildman–Crippen LogP) is 3.71.